The number of hydrogen-bond donors (Lipinski definition) is 1. The quantitative estimate of drug-likeness (QED) is 0.732. The molecule has 1 aromatic heterocycles. The summed E-state index contributed by atoms with van der Waals surface area (Å²) >= 11 is 0. The molecular weight excluding hydrogens is 152 g/mol. The number of hydrogen-bond acceptors (Lipinski definition) is 2. The first kappa shape index (κ1) is 9.29. The second kappa shape index (κ2) is 4.28. The molecule has 0 radical (unpaired) electrons. The topological polar surface area (TPSA) is 40.2 Å². The van der Waals surface area contributed by atoms with Crippen LogP contribution in [0.3, 0.4) is 0 Å². The lowest BCUT2D eigenvalue weighted by Gasteiger charge is -2.10. The lowest BCUT2D eigenvalue weighted by molar-refractivity contribution is 0.186. The zero-order valence-electron chi connectivity index (χ0n) is 7.66. The van der Waals surface area contributed by atoms with Crippen molar-refractivity contribution in [1.29, 1.82) is 0 Å². The SMILES string of the molecule is COCCn1cccc1C(C)N. The van der Waals surface area contributed by atoms with Gasteiger partial charge in [0.15, 0.2) is 0 Å². The molecule has 3 nitrogen and oxygen atoms in total. The summed E-state index contributed by atoms with van der Waals surface area (Å²) in [5.74, 6) is 0. The van der Waals surface area contributed by atoms with Crippen LogP contribution in [0.4, 0.5) is 0 Å². The van der Waals surface area contributed by atoms with E-state index < -0.39 is 0 Å². The van der Waals surface area contributed by atoms with Crippen LogP contribution in [0.15, 0.2) is 18.3 Å². The Morgan fingerprint density at radius 2 is 2.42 bits per heavy atom. The second-order valence-corrected chi connectivity index (χ2v) is 2.91. The average molecular weight is 168 g/mol. The Kier molecular flexibility index (Phi) is 3.31. The molecule has 12 heavy (non-hydrogen) atoms. The van der Waals surface area contributed by atoms with Crippen molar-refractivity contribution in [3.05, 3.63) is 24.0 Å². The molecule has 0 saturated heterocycles. The molecule has 2 N–H and O–H groups in total. The number of nitrogens with zero attached hydrogens (tertiary/aromatic N) is 1. The lowest BCUT2D eigenvalue weighted by Crippen LogP contribution is -2.13. The molecule has 0 fully saturated rings. The molecule has 0 aromatic carbocycles. The molecule has 0 bridgehead atoms. The van der Waals surface area contributed by atoms with Crippen molar-refractivity contribution < 1.29 is 4.74 Å². The van der Waals surface area contributed by atoms with Crippen LogP contribution >= 0.6 is 0 Å². The first-order chi connectivity index (χ1) is 5.75. The highest BCUT2D eigenvalue weighted by molar-refractivity contribution is 5.10. The van der Waals surface area contributed by atoms with E-state index >= 15 is 0 Å². The summed E-state index contributed by atoms with van der Waals surface area (Å²) in [6, 6.07) is 4.14. The normalized spacial score (nSPS) is 13.2. The van der Waals surface area contributed by atoms with E-state index in [4.69, 9.17) is 10.5 Å². The average Bonchev–Trinajstić information content (AvgIpc) is 2.48. The van der Waals surface area contributed by atoms with Crippen molar-refractivity contribution in [2.45, 2.75) is 19.5 Å². The number of aromatic nitrogens is 1. The maximum absolute atomic E-state index is 5.77. The standard InChI is InChI=1S/C9H16N2O/c1-8(10)9-4-3-5-11(9)6-7-12-2/h3-5,8H,6-7,10H2,1-2H3. The fraction of sp³-hybridized carbons (Fsp3) is 0.556. The summed E-state index contributed by atoms with van der Waals surface area (Å²) < 4.78 is 7.11. The summed E-state index contributed by atoms with van der Waals surface area (Å²) in [7, 11) is 1.70. The maximum atomic E-state index is 5.77. The van der Waals surface area contributed by atoms with Gasteiger partial charge < -0.3 is 15.0 Å². The van der Waals surface area contributed by atoms with Gasteiger partial charge in [-0.15, -0.1) is 0 Å². The van der Waals surface area contributed by atoms with Crippen molar-refractivity contribution in [3.8, 4) is 0 Å². The van der Waals surface area contributed by atoms with Crippen LogP contribution < -0.4 is 5.73 Å². The van der Waals surface area contributed by atoms with Gasteiger partial charge in [-0.25, -0.2) is 0 Å². The second-order valence-electron chi connectivity index (χ2n) is 2.91. The first-order valence-electron chi connectivity index (χ1n) is 4.15. The van der Waals surface area contributed by atoms with Crippen LogP contribution in [-0.4, -0.2) is 18.3 Å². The summed E-state index contributed by atoms with van der Waals surface area (Å²) in [5, 5.41) is 0. The monoisotopic (exact) mass is 168 g/mol. The predicted octanol–water partition coefficient (Wildman–Crippen LogP) is 1.15. The van der Waals surface area contributed by atoms with Gasteiger partial charge in [0.2, 0.25) is 0 Å². The molecule has 0 saturated carbocycles. The van der Waals surface area contributed by atoms with Gasteiger partial charge in [0.1, 0.15) is 0 Å². The van der Waals surface area contributed by atoms with E-state index in [1.807, 2.05) is 25.3 Å². The minimum absolute atomic E-state index is 0.0943. The minimum Gasteiger partial charge on any atom is -0.383 e. The Labute approximate surface area is 73.1 Å². The maximum Gasteiger partial charge on any atom is 0.0641 e. The Bertz CT molecular complexity index is 230. The molecule has 1 heterocycles. The van der Waals surface area contributed by atoms with Crippen molar-refractivity contribution in [3.63, 3.8) is 0 Å². The first-order valence-corrected chi connectivity index (χ1v) is 4.15. The fourth-order valence-electron chi connectivity index (χ4n) is 1.23. The summed E-state index contributed by atoms with van der Waals surface area (Å²) in [4.78, 5) is 0. The summed E-state index contributed by atoms with van der Waals surface area (Å²) in [6.07, 6.45) is 2.03. The molecule has 0 amide bonds. The van der Waals surface area contributed by atoms with Crippen LogP contribution in [-0.2, 0) is 11.3 Å². The van der Waals surface area contributed by atoms with Crippen molar-refractivity contribution in [2.75, 3.05) is 13.7 Å². The zero-order chi connectivity index (χ0) is 8.97. The molecule has 3 heteroatoms. The van der Waals surface area contributed by atoms with Gasteiger partial charge in [0.05, 0.1) is 6.61 Å². The van der Waals surface area contributed by atoms with Crippen LogP contribution in [0.5, 0.6) is 0 Å². The smallest absolute Gasteiger partial charge is 0.0641 e. The molecule has 1 aromatic rings. The number of nitrogens with two attached hydrogens (primary N) is 1. The zero-order valence-corrected chi connectivity index (χ0v) is 7.66. The molecule has 1 atom stereocenters. The van der Waals surface area contributed by atoms with Gasteiger partial charge in [0, 0.05) is 31.6 Å². The van der Waals surface area contributed by atoms with Crippen LogP contribution in [0.2, 0.25) is 0 Å². The Morgan fingerprint density at radius 3 is 3.00 bits per heavy atom. The van der Waals surface area contributed by atoms with Gasteiger partial charge in [-0.2, -0.15) is 0 Å². The third kappa shape index (κ3) is 2.09. The van der Waals surface area contributed by atoms with Crippen LogP contribution in [0.25, 0.3) is 0 Å². The van der Waals surface area contributed by atoms with E-state index in [2.05, 4.69) is 4.57 Å². The van der Waals surface area contributed by atoms with Gasteiger partial charge in [0.25, 0.3) is 0 Å². The molecule has 0 spiro atoms. The van der Waals surface area contributed by atoms with E-state index in [0.29, 0.717) is 0 Å². The van der Waals surface area contributed by atoms with Gasteiger partial charge in [-0.1, -0.05) is 0 Å². The molecule has 68 valence electrons. The molecular formula is C9H16N2O. The third-order valence-corrected chi connectivity index (χ3v) is 1.87. The van der Waals surface area contributed by atoms with Crippen molar-refractivity contribution in [1.82, 2.24) is 4.57 Å². The third-order valence-electron chi connectivity index (χ3n) is 1.87. The van der Waals surface area contributed by atoms with Gasteiger partial charge >= 0.3 is 0 Å². The van der Waals surface area contributed by atoms with E-state index in [1.54, 1.807) is 7.11 Å². The van der Waals surface area contributed by atoms with E-state index in [9.17, 15) is 0 Å². The fourth-order valence-corrected chi connectivity index (χ4v) is 1.23. The molecule has 1 rings (SSSR count). The lowest BCUT2D eigenvalue weighted by atomic mass is 10.2. The highest BCUT2D eigenvalue weighted by atomic mass is 16.5. The van der Waals surface area contributed by atoms with E-state index in [1.165, 1.54) is 0 Å². The Morgan fingerprint density at radius 1 is 1.67 bits per heavy atom. The number of methoxy groups -OCH3 is 1. The van der Waals surface area contributed by atoms with Crippen LogP contribution in [0, 0.1) is 0 Å². The highest BCUT2D eigenvalue weighted by Gasteiger charge is 2.03. The van der Waals surface area contributed by atoms with Crippen LogP contribution in [0.1, 0.15) is 18.7 Å². The summed E-state index contributed by atoms with van der Waals surface area (Å²) in [5.41, 5.74) is 6.93. The summed E-state index contributed by atoms with van der Waals surface area (Å²) in [6.45, 7) is 3.59. The Hall–Kier alpha value is -0.800. The molecule has 0 aliphatic rings. The molecule has 0 aliphatic heterocycles. The molecule has 1 unspecified atom stereocenters. The number of rotatable bonds is 4. The largest absolute Gasteiger partial charge is 0.383 e. The minimum atomic E-state index is 0.0943. The van der Waals surface area contributed by atoms with E-state index in [0.717, 1.165) is 18.8 Å². The number of ether oxygens (including phenoxy) is 1. The van der Waals surface area contributed by atoms with Crippen molar-refractivity contribution in [2.24, 2.45) is 5.73 Å². The van der Waals surface area contributed by atoms with E-state index in [-0.39, 0.29) is 6.04 Å². The van der Waals surface area contributed by atoms with Gasteiger partial charge in [-0.05, 0) is 19.1 Å². The van der Waals surface area contributed by atoms with Gasteiger partial charge in [-0.3, -0.25) is 0 Å². The molecule has 0 aliphatic carbocycles. The van der Waals surface area contributed by atoms with Crippen molar-refractivity contribution >= 4 is 0 Å². The predicted molar refractivity (Wildman–Crippen MR) is 48.9 cm³/mol. The Balaban J connectivity index is 2.64. The highest BCUT2D eigenvalue weighted by Crippen LogP contribution is 2.09.